The highest BCUT2D eigenvalue weighted by Crippen LogP contribution is 2.32. The molecule has 0 amide bonds. The second-order valence-electron chi connectivity index (χ2n) is 8.15. The molecule has 4 aromatic rings. The van der Waals surface area contributed by atoms with Gasteiger partial charge in [-0.2, -0.15) is 0 Å². The number of pyridine rings is 1. The molecule has 8 nitrogen and oxygen atoms in total. The zero-order valence-corrected chi connectivity index (χ0v) is 18.7. The van der Waals surface area contributed by atoms with Gasteiger partial charge in [0.2, 0.25) is 5.95 Å². The van der Waals surface area contributed by atoms with E-state index in [0.29, 0.717) is 37.6 Å². The minimum atomic E-state index is 0.340. The zero-order valence-electron chi connectivity index (χ0n) is 18.7. The summed E-state index contributed by atoms with van der Waals surface area (Å²) in [4.78, 5) is 16.2. The van der Waals surface area contributed by atoms with Crippen molar-refractivity contribution in [1.29, 1.82) is 0 Å². The van der Waals surface area contributed by atoms with Gasteiger partial charge in [-0.25, -0.2) is 15.0 Å². The molecule has 0 unspecified atom stereocenters. The Morgan fingerprint density at radius 3 is 2.69 bits per heavy atom. The average Bonchev–Trinajstić information content (AvgIpc) is 3.25. The molecule has 5 rings (SSSR count). The molecule has 0 radical (unpaired) electrons. The van der Waals surface area contributed by atoms with E-state index in [-0.39, 0.29) is 0 Å². The molecule has 1 aliphatic rings. The van der Waals surface area contributed by atoms with Gasteiger partial charge in [0.1, 0.15) is 17.1 Å². The summed E-state index contributed by atoms with van der Waals surface area (Å²) in [7, 11) is 0. The van der Waals surface area contributed by atoms with Crippen molar-refractivity contribution in [3.63, 3.8) is 0 Å². The normalized spacial score (nSPS) is 14.4. The molecule has 1 fully saturated rings. The average molecular weight is 433 g/mol. The van der Waals surface area contributed by atoms with Crippen molar-refractivity contribution < 1.29 is 9.47 Å². The van der Waals surface area contributed by atoms with Crippen molar-refractivity contribution in [1.82, 2.24) is 19.5 Å². The second-order valence-corrected chi connectivity index (χ2v) is 8.15. The molecule has 0 spiro atoms. The van der Waals surface area contributed by atoms with Crippen LogP contribution in [0, 0.1) is 0 Å². The number of hydrogen-bond donors (Lipinski definition) is 1. The molecule has 32 heavy (non-hydrogen) atoms. The van der Waals surface area contributed by atoms with E-state index < -0.39 is 0 Å². The van der Waals surface area contributed by atoms with Crippen LogP contribution in [0.25, 0.3) is 21.8 Å². The highest BCUT2D eigenvalue weighted by molar-refractivity contribution is 6.03. The SMILES string of the molecule is CCOc1cc(Nc2ncc3ccc4ccn(C(C)C)c4c3n2)ncc1N1CCOCC1. The lowest BCUT2D eigenvalue weighted by Crippen LogP contribution is -2.36. The lowest BCUT2D eigenvalue weighted by Gasteiger charge is -2.30. The van der Waals surface area contributed by atoms with E-state index in [1.807, 2.05) is 25.4 Å². The lowest BCUT2D eigenvalue weighted by atomic mass is 10.2. The van der Waals surface area contributed by atoms with Gasteiger partial charge >= 0.3 is 0 Å². The Morgan fingerprint density at radius 2 is 1.91 bits per heavy atom. The predicted octanol–water partition coefficient (Wildman–Crippen LogP) is 4.54. The quantitative estimate of drug-likeness (QED) is 0.479. The summed E-state index contributed by atoms with van der Waals surface area (Å²) in [5.74, 6) is 1.95. The molecule has 166 valence electrons. The number of nitrogens with one attached hydrogen (secondary N) is 1. The van der Waals surface area contributed by atoms with Crippen LogP contribution in [0.4, 0.5) is 17.5 Å². The van der Waals surface area contributed by atoms with Crippen molar-refractivity contribution in [2.24, 2.45) is 0 Å². The smallest absolute Gasteiger partial charge is 0.228 e. The second kappa shape index (κ2) is 8.63. The standard InChI is InChI=1S/C24H28N6O2/c1-4-32-20-13-21(25-15-19(20)29-9-11-31-12-10-29)27-24-26-14-18-6-5-17-7-8-30(16(2)3)23(17)22(18)28-24/h5-8,13-16H,4,9-12H2,1-3H3,(H,25,26,27,28). The van der Waals surface area contributed by atoms with E-state index in [0.717, 1.165) is 40.9 Å². The maximum atomic E-state index is 5.92. The van der Waals surface area contributed by atoms with Gasteiger partial charge in [-0.3, -0.25) is 0 Å². The Kier molecular flexibility index (Phi) is 5.53. The van der Waals surface area contributed by atoms with Crippen LogP contribution in [-0.4, -0.2) is 52.4 Å². The number of rotatable bonds is 6. The highest BCUT2D eigenvalue weighted by atomic mass is 16.5. The summed E-state index contributed by atoms with van der Waals surface area (Å²) < 4.78 is 13.6. The maximum Gasteiger partial charge on any atom is 0.228 e. The van der Waals surface area contributed by atoms with Crippen LogP contribution in [-0.2, 0) is 4.74 Å². The van der Waals surface area contributed by atoms with E-state index in [1.165, 1.54) is 5.39 Å². The highest BCUT2D eigenvalue weighted by Gasteiger charge is 2.17. The molecule has 1 aliphatic heterocycles. The fourth-order valence-corrected chi connectivity index (χ4v) is 4.15. The number of aromatic nitrogens is 4. The van der Waals surface area contributed by atoms with Gasteiger partial charge in [0, 0.05) is 48.4 Å². The fourth-order valence-electron chi connectivity index (χ4n) is 4.15. The van der Waals surface area contributed by atoms with Crippen molar-refractivity contribution in [3.8, 4) is 5.75 Å². The number of nitrogens with zero attached hydrogens (tertiary/aromatic N) is 5. The molecule has 1 N–H and O–H groups in total. The van der Waals surface area contributed by atoms with Gasteiger partial charge in [-0.05, 0) is 26.8 Å². The molecule has 1 aromatic carbocycles. The third kappa shape index (κ3) is 3.82. The Balaban J connectivity index is 1.50. The summed E-state index contributed by atoms with van der Waals surface area (Å²) >= 11 is 0. The Hall–Kier alpha value is -3.39. The first-order valence-electron chi connectivity index (χ1n) is 11.1. The molecule has 1 saturated heterocycles. The summed E-state index contributed by atoms with van der Waals surface area (Å²) in [5, 5.41) is 5.44. The monoisotopic (exact) mass is 432 g/mol. The van der Waals surface area contributed by atoms with Crippen molar-refractivity contribution in [2.45, 2.75) is 26.8 Å². The van der Waals surface area contributed by atoms with Crippen LogP contribution in [0.15, 0.2) is 42.9 Å². The molecule has 3 aromatic heterocycles. The molecule has 0 saturated carbocycles. The molecule has 4 heterocycles. The zero-order chi connectivity index (χ0) is 22.1. The van der Waals surface area contributed by atoms with Crippen LogP contribution in [0.1, 0.15) is 26.8 Å². The number of morpholine rings is 1. The first kappa shape index (κ1) is 20.5. The fraction of sp³-hybridized carbons (Fsp3) is 0.375. The van der Waals surface area contributed by atoms with Crippen LogP contribution >= 0.6 is 0 Å². The third-order valence-corrected chi connectivity index (χ3v) is 5.72. The van der Waals surface area contributed by atoms with Gasteiger partial charge in [-0.1, -0.05) is 12.1 Å². The van der Waals surface area contributed by atoms with E-state index in [2.05, 4.69) is 63.0 Å². The predicted molar refractivity (Wildman–Crippen MR) is 127 cm³/mol. The number of fused-ring (bicyclic) bond motifs is 3. The minimum Gasteiger partial charge on any atom is -0.492 e. The Bertz CT molecular complexity index is 1250. The first-order valence-corrected chi connectivity index (χ1v) is 11.1. The van der Waals surface area contributed by atoms with E-state index >= 15 is 0 Å². The Morgan fingerprint density at radius 1 is 1.09 bits per heavy atom. The summed E-state index contributed by atoms with van der Waals surface area (Å²) in [6.45, 7) is 9.99. The summed E-state index contributed by atoms with van der Waals surface area (Å²) in [6.07, 6.45) is 5.82. The Labute approximate surface area is 187 Å². The van der Waals surface area contributed by atoms with Crippen molar-refractivity contribution >= 4 is 39.3 Å². The number of anilines is 3. The van der Waals surface area contributed by atoms with Gasteiger partial charge < -0.3 is 24.3 Å². The summed E-state index contributed by atoms with van der Waals surface area (Å²) in [5.41, 5.74) is 3.03. The molecule has 0 aliphatic carbocycles. The third-order valence-electron chi connectivity index (χ3n) is 5.72. The molecular formula is C24H28N6O2. The largest absolute Gasteiger partial charge is 0.492 e. The molecular weight excluding hydrogens is 404 g/mol. The van der Waals surface area contributed by atoms with Crippen molar-refractivity contribution in [2.75, 3.05) is 43.1 Å². The van der Waals surface area contributed by atoms with Gasteiger partial charge in [0.05, 0.1) is 37.2 Å². The minimum absolute atomic E-state index is 0.340. The number of benzene rings is 1. The van der Waals surface area contributed by atoms with E-state index in [4.69, 9.17) is 14.5 Å². The van der Waals surface area contributed by atoms with Crippen LogP contribution in [0.2, 0.25) is 0 Å². The van der Waals surface area contributed by atoms with Gasteiger partial charge in [0.15, 0.2) is 0 Å². The first-order chi connectivity index (χ1) is 15.6. The van der Waals surface area contributed by atoms with Gasteiger partial charge in [-0.15, -0.1) is 0 Å². The van der Waals surface area contributed by atoms with Crippen LogP contribution in [0.3, 0.4) is 0 Å². The van der Waals surface area contributed by atoms with Crippen LogP contribution in [0.5, 0.6) is 5.75 Å². The van der Waals surface area contributed by atoms with E-state index in [9.17, 15) is 0 Å². The van der Waals surface area contributed by atoms with Gasteiger partial charge in [0.25, 0.3) is 0 Å². The van der Waals surface area contributed by atoms with Crippen LogP contribution < -0.4 is 15.0 Å². The van der Waals surface area contributed by atoms with E-state index in [1.54, 1.807) is 0 Å². The number of ether oxygens (including phenoxy) is 2. The topological polar surface area (TPSA) is 77.3 Å². The molecule has 0 bridgehead atoms. The number of hydrogen-bond acceptors (Lipinski definition) is 7. The van der Waals surface area contributed by atoms with Crippen molar-refractivity contribution in [3.05, 3.63) is 42.9 Å². The molecule has 0 atom stereocenters. The lowest BCUT2D eigenvalue weighted by molar-refractivity contribution is 0.122. The maximum absolute atomic E-state index is 5.92. The summed E-state index contributed by atoms with van der Waals surface area (Å²) in [6, 6.07) is 8.57. The molecule has 8 heteroatoms.